The van der Waals surface area contributed by atoms with Gasteiger partial charge in [0.25, 0.3) is 0 Å². The summed E-state index contributed by atoms with van der Waals surface area (Å²) in [5, 5.41) is 3.03. The molecule has 1 amide bonds. The van der Waals surface area contributed by atoms with E-state index in [4.69, 9.17) is 0 Å². The van der Waals surface area contributed by atoms with E-state index >= 15 is 0 Å². The lowest BCUT2D eigenvalue weighted by atomic mass is 10.0. The molecule has 27 heavy (non-hydrogen) atoms. The molecule has 0 radical (unpaired) electrons. The number of likely N-dealkylation sites (tertiary alicyclic amines) is 1. The van der Waals surface area contributed by atoms with Gasteiger partial charge in [-0.2, -0.15) is 0 Å². The van der Waals surface area contributed by atoms with Crippen LogP contribution in [0.1, 0.15) is 38.2 Å². The number of amides is 1. The molecule has 152 valence electrons. The van der Waals surface area contributed by atoms with Crippen molar-refractivity contribution in [3.63, 3.8) is 0 Å². The number of likely N-dealkylation sites (N-methyl/N-ethyl adjacent to an activating group) is 1. The van der Waals surface area contributed by atoms with Crippen molar-refractivity contribution in [2.24, 2.45) is 5.92 Å². The van der Waals surface area contributed by atoms with Crippen LogP contribution in [0.4, 0.5) is 0 Å². The third kappa shape index (κ3) is 7.94. The van der Waals surface area contributed by atoms with E-state index in [-0.39, 0.29) is 23.6 Å². The standard InChI is InChI=1S/C19H32N4O3S/c1-3-12-27(25,26)22-18-9-8-17(14-23(2)15-18)19(24)21-11-5-7-16-6-4-10-20-13-16/h4,6,10,13,17-18,22H,3,5,7-9,11-12,14-15H2,1-2H3,(H,21,24)/t17-,18+/m1/s1. The average molecular weight is 397 g/mol. The van der Waals surface area contributed by atoms with E-state index in [0.717, 1.165) is 12.8 Å². The number of nitrogens with zero attached hydrogens (tertiary/aromatic N) is 2. The SMILES string of the molecule is CCCS(=O)(=O)N[C@H]1CC[C@@H](C(=O)NCCCc2cccnc2)CN(C)C1. The Morgan fingerprint density at radius 1 is 1.33 bits per heavy atom. The normalized spacial score (nSPS) is 21.6. The van der Waals surface area contributed by atoms with Crippen molar-refractivity contribution in [3.05, 3.63) is 30.1 Å². The Labute approximate surface area is 163 Å². The first kappa shape index (κ1) is 21.8. The van der Waals surface area contributed by atoms with Gasteiger partial charge in [-0.15, -0.1) is 0 Å². The zero-order valence-corrected chi connectivity index (χ0v) is 17.2. The highest BCUT2D eigenvalue weighted by Gasteiger charge is 2.28. The van der Waals surface area contributed by atoms with Crippen molar-refractivity contribution in [1.29, 1.82) is 0 Å². The van der Waals surface area contributed by atoms with Crippen LogP contribution in [0.5, 0.6) is 0 Å². The van der Waals surface area contributed by atoms with Gasteiger partial charge in [0, 0.05) is 38.1 Å². The third-order valence-corrected chi connectivity index (χ3v) is 6.42. The summed E-state index contributed by atoms with van der Waals surface area (Å²) < 4.78 is 26.8. The molecule has 0 spiro atoms. The first-order valence-corrected chi connectivity index (χ1v) is 11.4. The highest BCUT2D eigenvalue weighted by atomic mass is 32.2. The maximum atomic E-state index is 12.5. The van der Waals surface area contributed by atoms with Crippen LogP contribution in [-0.2, 0) is 21.2 Å². The van der Waals surface area contributed by atoms with Crippen LogP contribution in [0.3, 0.4) is 0 Å². The monoisotopic (exact) mass is 396 g/mol. The van der Waals surface area contributed by atoms with Gasteiger partial charge < -0.3 is 10.2 Å². The van der Waals surface area contributed by atoms with E-state index < -0.39 is 10.0 Å². The third-order valence-electron chi connectivity index (χ3n) is 4.78. The number of pyridine rings is 1. The fourth-order valence-electron chi connectivity index (χ4n) is 3.50. The van der Waals surface area contributed by atoms with E-state index in [1.54, 1.807) is 6.20 Å². The molecular formula is C19H32N4O3S. The summed E-state index contributed by atoms with van der Waals surface area (Å²) in [4.78, 5) is 18.7. The van der Waals surface area contributed by atoms with Crippen molar-refractivity contribution >= 4 is 15.9 Å². The number of hydrogen-bond acceptors (Lipinski definition) is 5. The molecule has 2 atom stereocenters. The molecule has 0 unspecified atom stereocenters. The topological polar surface area (TPSA) is 91.4 Å². The number of hydrogen-bond donors (Lipinski definition) is 2. The maximum absolute atomic E-state index is 12.5. The minimum absolute atomic E-state index is 0.0603. The van der Waals surface area contributed by atoms with Crippen LogP contribution in [0.25, 0.3) is 0 Å². The van der Waals surface area contributed by atoms with Gasteiger partial charge in [-0.3, -0.25) is 9.78 Å². The molecule has 0 aromatic carbocycles. The second-order valence-corrected chi connectivity index (χ2v) is 9.26. The number of carbonyl (C=O) groups excluding carboxylic acids is 1. The number of aryl methyl sites for hydroxylation is 1. The molecule has 1 fully saturated rings. The molecule has 2 heterocycles. The van der Waals surface area contributed by atoms with Crippen molar-refractivity contribution in [2.45, 2.75) is 45.1 Å². The molecule has 1 aliphatic rings. The second-order valence-electron chi connectivity index (χ2n) is 7.38. The van der Waals surface area contributed by atoms with Gasteiger partial charge in [0.15, 0.2) is 0 Å². The van der Waals surface area contributed by atoms with Crippen molar-refractivity contribution in [3.8, 4) is 0 Å². The van der Waals surface area contributed by atoms with Crippen LogP contribution >= 0.6 is 0 Å². The highest BCUT2D eigenvalue weighted by molar-refractivity contribution is 7.89. The van der Waals surface area contributed by atoms with Gasteiger partial charge >= 0.3 is 0 Å². The Balaban J connectivity index is 1.76. The van der Waals surface area contributed by atoms with Gasteiger partial charge in [-0.1, -0.05) is 13.0 Å². The Hall–Kier alpha value is -1.51. The molecular weight excluding hydrogens is 364 g/mol. The molecule has 8 heteroatoms. The van der Waals surface area contributed by atoms with Crippen molar-refractivity contribution in [2.75, 3.05) is 32.4 Å². The second kappa shape index (κ2) is 10.7. The van der Waals surface area contributed by atoms with Crippen LogP contribution in [0, 0.1) is 5.92 Å². The van der Waals surface area contributed by atoms with Gasteiger partial charge in [-0.05, 0) is 50.8 Å². The maximum Gasteiger partial charge on any atom is 0.224 e. The summed E-state index contributed by atoms with van der Waals surface area (Å²) in [5.41, 5.74) is 1.17. The Kier molecular flexibility index (Phi) is 8.66. The van der Waals surface area contributed by atoms with Crippen LogP contribution in [0.15, 0.2) is 24.5 Å². The Bertz CT molecular complexity index is 681. The Morgan fingerprint density at radius 2 is 2.15 bits per heavy atom. The number of carbonyl (C=O) groups is 1. The first-order chi connectivity index (χ1) is 12.9. The lowest BCUT2D eigenvalue weighted by molar-refractivity contribution is -0.125. The van der Waals surface area contributed by atoms with E-state index in [0.29, 0.717) is 38.9 Å². The molecule has 2 N–H and O–H groups in total. The van der Waals surface area contributed by atoms with Gasteiger partial charge in [-0.25, -0.2) is 13.1 Å². The predicted octanol–water partition coefficient (Wildman–Crippen LogP) is 1.17. The fraction of sp³-hybridized carbons (Fsp3) is 0.684. The molecule has 0 bridgehead atoms. The zero-order chi connectivity index (χ0) is 19.7. The number of rotatable bonds is 9. The van der Waals surface area contributed by atoms with E-state index in [2.05, 4.69) is 15.0 Å². The molecule has 1 aromatic heterocycles. The predicted molar refractivity (Wildman–Crippen MR) is 107 cm³/mol. The largest absolute Gasteiger partial charge is 0.356 e. The van der Waals surface area contributed by atoms with Gasteiger partial charge in [0.2, 0.25) is 15.9 Å². The molecule has 2 rings (SSSR count). The summed E-state index contributed by atoms with van der Waals surface area (Å²) in [6, 6.07) is 3.82. The number of aromatic nitrogens is 1. The zero-order valence-electron chi connectivity index (χ0n) is 16.4. The van der Waals surface area contributed by atoms with E-state index in [1.165, 1.54) is 5.56 Å². The van der Waals surface area contributed by atoms with Crippen molar-refractivity contribution in [1.82, 2.24) is 19.9 Å². The van der Waals surface area contributed by atoms with E-state index in [9.17, 15) is 13.2 Å². The summed E-state index contributed by atoms with van der Waals surface area (Å²) in [6.45, 7) is 3.78. The molecule has 0 saturated carbocycles. The molecule has 7 nitrogen and oxygen atoms in total. The Morgan fingerprint density at radius 3 is 2.85 bits per heavy atom. The smallest absolute Gasteiger partial charge is 0.224 e. The van der Waals surface area contributed by atoms with Crippen LogP contribution < -0.4 is 10.0 Å². The number of nitrogens with one attached hydrogen (secondary N) is 2. The van der Waals surface area contributed by atoms with Crippen LogP contribution in [-0.4, -0.2) is 62.7 Å². The number of sulfonamides is 1. The lowest BCUT2D eigenvalue weighted by Crippen LogP contribution is -2.42. The van der Waals surface area contributed by atoms with Gasteiger partial charge in [0.1, 0.15) is 0 Å². The first-order valence-electron chi connectivity index (χ1n) is 9.74. The summed E-state index contributed by atoms with van der Waals surface area (Å²) in [7, 11) is -1.30. The molecule has 1 aliphatic heterocycles. The summed E-state index contributed by atoms with van der Waals surface area (Å²) >= 11 is 0. The molecule has 1 aromatic rings. The fourth-order valence-corrected chi connectivity index (χ4v) is 4.85. The van der Waals surface area contributed by atoms with Crippen molar-refractivity contribution < 1.29 is 13.2 Å². The highest BCUT2D eigenvalue weighted by Crippen LogP contribution is 2.17. The average Bonchev–Trinajstić information content (AvgIpc) is 2.80. The summed E-state index contributed by atoms with van der Waals surface area (Å²) in [5.74, 6) is 0.104. The lowest BCUT2D eigenvalue weighted by Gasteiger charge is -2.21. The summed E-state index contributed by atoms with van der Waals surface area (Å²) in [6.07, 6.45) is 7.34. The van der Waals surface area contributed by atoms with Crippen LogP contribution in [0.2, 0.25) is 0 Å². The van der Waals surface area contributed by atoms with Gasteiger partial charge in [0.05, 0.1) is 11.7 Å². The minimum atomic E-state index is -3.23. The minimum Gasteiger partial charge on any atom is -0.356 e. The molecule has 0 aliphatic carbocycles. The van der Waals surface area contributed by atoms with E-state index in [1.807, 2.05) is 37.2 Å². The quantitative estimate of drug-likeness (QED) is 0.612. The molecule has 1 saturated heterocycles.